The van der Waals surface area contributed by atoms with Crippen LogP contribution < -0.4 is 4.90 Å². The molecule has 1 heterocycles. The number of hydrogen-bond acceptors (Lipinski definition) is 3. The molecule has 0 radical (unpaired) electrons. The van der Waals surface area contributed by atoms with E-state index in [0.29, 0.717) is 0 Å². The van der Waals surface area contributed by atoms with Gasteiger partial charge in [-0.2, -0.15) is 0 Å². The van der Waals surface area contributed by atoms with Crippen LogP contribution in [0.3, 0.4) is 0 Å². The fraction of sp³-hybridized carbons (Fsp3) is 0.571. The van der Waals surface area contributed by atoms with Crippen molar-refractivity contribution in [1.29, 1.82) is 0 Å². The van der Waals surface area contributed by atoms with Gasteiger partial charge in [0.05, 0.1) is 6.61 Å². The molecular formula is C14H22N2O. The highest BCUT2D eigenvalue weighted by Gasteiger charge is 2.21. The highest BCUT2D eigenvalue weighted by Crippen LogP contribution is 2.18. The van der Waals surface area contributed by atoms with Gasteiger partial charge in [-0.3, -0.25) is 4.90 Å². The fourth-order valence-corrected chi connectivity index (χ4v) is 2.37. The van der Waals surface area contributed by atoms with Gasteiger partial charge in [0.1, 0.15) is 0 Å². The summed E-state index contributed by atoms with van der Waals surface area (Å²) in [6, 6.07) is 8.90. The number of benzene rings is 1. The Bertz CT molecular complexity index is 350. The molecule has 0 aliphatic carbocycles. The van der Waals surface area contributed by atoms with E-state index in [2.05, 4.69) is 48.0 Å². The molecule has 0 amide bonds. The maximum Gasteiger partial charge on any atom is 0.0603 e. The Morgan fingerprint density at radius 1 is 1.24 bits per heavy atom. The number of hydrogen-bond donors (Lipinski definition) is 1. The monoisotopic (exact) mass is 234 g/mol. The lowest BCUT2D eigenvalue weighted by Crippen LogP contribution is -2.41. The van der Waals surface area contributed by atoms with Crippen molar-refractivity contribution < 1.29 is 5.11 Å². The molecule has 1 aromatic carbocycles. The van der Waals surface area contributed by atoms with Crippen LogP contribution in [0.5, 0.6) is 0 Å². The fourth-order valence-electron chi connectivity index (χ4n) is 2.37. The van der Waals surface area contributed by atoms with Crippen molar-refractivity contribution in [2.45, 2.75) is 19.4 Å². The Balaban J connectivity index is 2.12. The number of rotatable bonds is 2. The summed E-state index contributed by atoms with van der Waals surface area (Å²) < 4.78 is 0. The zero-order valence-electron chi connectivity index (χ0n) is 10.8. The zero-order valence-corrected chi connectivity index (χ0v) is 10.8. The minimum absolute atomic E-state index is 0.235. The van der Waals surface area contributed by atoms with Gasteiger partial charge in [0.15, 0.2) is 0 Å². The second-order valence-corrected chi connectivity index (χ2v) is 4.95. The van der Waals surface area contributed by atoms with Crippen molar-refractivity contribution in [3.05, 3.63) is 29.8 Å². The lowest BCUT2D eigenvalue weighted by molar-refractivity contribution is 0.159. The number of nitrogens with zero attached hydrogens (tertiary/aromatic N) is 2. The zero-order chi connectivity index (χ0) is 12.3. The summed E-state index contributed by atoms with van der Waals surface area (Å²) >= 11 is 0. The first kappa shape index (κ1) is 12.4. The normalized spacial score (nSPS) is 22.5. The lowest BCUT2D eigenvalue weighted by atomic mass is 10.2. The van der Waals surface area contributed by atoms with Gasteiger partial charge in [0, 0.05) is 24.8 Å². The van der Waals surface area contributed by atoms with Crippen molar-refractivity contribution in [2.75, 3.05) is 38.2 Å². The molecule has 17 heavy (non-hydrogen) atoms. The molecule has 1 aromatic rings. The molecule has 1 saturated heterocycles. The average Bonchev–Trinajstić information content (AvgIpc) is 2.52. The van der Waals surface area contributed by atoms with Crippen LogP contribution in [0.1, 0.15) is 12.0 Å². The predicted octanol–water partition coefficient (Wildman–Crippen LogP) is 1.50. The second kappa shape index (κ2) is 5.52. The molecule has 1 unspecified atom stereocenters. The van der Waals surface area contributed by atoms with Crippen molar-refractivity contribution in [2.24, 2.45) is 0 Å². The van der Waals surface area contributed by atoms with Gasteiger partial charge in [-0.25, -0.2) is 0 Å². The van der Waals surface area contributed by atoms with E-state index in [1.54, 1.807) is 0 Å². The molecule has 0 bridgehead atoms. The second-order valence-electron chi connectivity index (χ2n) is 4.95. The van der Waals surface area contributed by atoms with Gasteiger partial charge in [0.2, 0.25) is 0 Å². The number of likely N-dealkylation sites (N-methyl/N-ethyl adjacent to an activating group) is 1. The summed E-state index contributed by atoms with van der Waals surface area (Å²) in [5.74, 6) is 0. The molecule has 1 aliphatic heterocycles. The van der Waals surface area contributed by atoms with Crippen molar-refractivity contribution in [3.8, 4) is 0 Å². The molecule has 1 fully saturated rings. The van der Waals surface area contributed by atoms with Crippen molar-refractivity contribution in [3.63, 3.8) is 0 Å². The Hall–Kier alpha value is -1.06. The van der Waals surface area contributed by atoms with Crippen LogP contribution in [-0.2, 0) is 0 Å². The molecule has 1 aliphatic rings. The van der Waals surface area contributed by atoms with E-state index in [-0.39, 0.29) is 12.6 Å². The summed E-state index contributed by atoms with van der Waals surface area (Å²) in [5, 5.41) is 9.43. The minimum Gasteiger partial charge on any atom is -0.395 e. The van der Waals surface area contributed by atoms with E-state index in [0.717, 1.165) is 26.1 Å². The summed E-state index contributed by atoms with van der Waals surface area (Å²) in [6.45, 7) is 5.39. The molecule has 0 aromatic heterocycles. The molecule has 3 nitrogen and oxygen atoms in total. The number of aryl methyl sites for hydroxylation is 1. The quantitative estimate of drug-likeness (QED) is 0.840. The summed E-state index contributed by atoms with van der Waals surface area (Å²) in [6.07, 6.45) is 1.15. The largest absolute Gasteiger partial charge is 0.395 e. The topological polar surface area (TPSA) is 26.7 Å². The molecular weight excluding hydrogens is 212 g/mol. The summed E-state index contributed by atoms with van der Waals surface area (Å²) in [7, 11) is 2.10. The molecule has 94 valence electrons. The maximum absolute atomic E-state index is 9.43. The van der Waals surface area contributed by atoms with E-state index in [4.69, 9.17) is 0 Å². The van der Waals surface area contributed by atoms with E-state index in [9.17, 15) is 5.11 Å². The van der Waals surface area contributed by atoms with Gasteiger partial charge in [0.25, 0.3) is 0 Å². The van der Waals surface area contributed by atoms with Gasteiger partial charge in [-0.1, -0.05) is 17.7 Å². The highest BCUT2D eigenvalue weighted by atomic mass is 16.3. The third-order valence-electron chi connectivity index (χ3n) is 3.60. The molecule has 1 N–H and O–H groups in total. The first-order chi connectivity index (χ1) is 8.20. The summed E-state index contributed by atoms with van der Waals surface area (Å²) in [4.78, 5) is 4.64. The van der Waals surface area contributed by atoms with Gasteiger partial charge < -0.3 is 10.0 Å². The Morgan fingerprint density at radius 3 is 2.59 bits per heavy atom. The molecule has 1 atom stereocenters. The Labute approximate surface area is 104 Å². The molecule has 2 rings (SSSR count). The summed E-state index contributed by atoms with van der Waals surface area (Å²) in [5.41, 5.74) is 2.56. The SMILES string of the molecule is Cc1ccc(N2CCCN(C)C(CO)C2)cc1. The van der Waals surface area contributed by atoms with Crippen LogP contribution in [0, 0.1) is 6.92 Å². The molecule has 3 heteroatoms. The lowest BCUT2D eigenvalue weighted by Gasteiger charge is -2.28. The van der Waals surface area contributed by atoms with Gasteiger partial charge >= 0.3 is 0 Å². The third-order valence-corrected chi connectivity index (χ3v) is 3.60. The average molecular weight is 234 g/mol. The number of aliphatic hydroxyl groups is 1. The van der Waals surface area contributed by atoms with Gasteiger partial charge in [-0.15, -0.1) is 0 Å². The number of aliphatic hydroxyl groups excluding tert-OH is 1. The minimum atomic E-state index is 0.235. The maximum atomic E-state index is 9.43. The van der Waals surface area contributed by atoms with Crippen LogP contribution in [0.4, 0.5) is 5.69 Å². The smallest absolute Gasteiger partial charge is 0.0603 e. The van der Waals surface area contributed by atoms with E-state index in [1.807, 2.05) is 0 Å². The predicted molar refractivity (Wildman–Crippen MR) is 71.5 cm³/mol. The Morgan fingerprint density at radius 2 is 1.94 bits per heavy atom. The Kier molecular flexibility index (Phi) is 4.02. The molecule has 0 saturated carbocycles. The van der Waals surface area contributed by atoms with Crippen LogP contribution in [0.2, 0.25) is 0 Å². The van der Waals surface area contributed by atoms with Crippen LogP contribution in [0.15, 0.2) is 24.3 Å². The first-order valence-electron chi connectivity index (χ1n) is 6.33. The highest BCUT2D eigenvalue weighted by molar-refractivity contribution is 5.47. The van der Waals surface area contributed by atoms with E-state index >= 15 is 0 Å². The van der Waals surface area contributed by atoms with Crippen molar-refractivity contribution >= 4 is 5.69 Å². The standard InChI is InChI=1S/C14H22N2O/c1-12-4-6-13(7-5-12)16-9-3-8-15(2)14(10-16)11-17/h4-7,14,17H,3,8-11H2,1-2H3. The van der Waals surface area contributed by atoms with Crippen LogP contribution in [0.25, 0.3) is 0 Å². The third kappa shape index (κ3) is 2.99. The molecule has 0 spiro atoms. The van der Waals surface area contributed by atoms with Crippen LogP contribution >= 0.6 is 0 Å². The van der Waals surface area contributed by atoms with Crippen molar-refractivity contribution in [1.82, 2.24) is 4.90 Å². The van der Waals surface area contributed by atoms with Crippen LogP contribution in [-0.4, -0.2) is 49.3 Å². The first-order valence-corrected chi connectivity index (χ1v) is 6.33. The number of anilines is 1. The van der Waals surface area contributed by atoms with Gasteiger partial charge in [-0.05, 0) is 39.1 Å². The van der Waals surface area contributed by atoms with E-state index < -0.39 is 0 Å². The van der Waals surface area contributed by atoms with E-state index in [1.165, 1.54) is 11.3 Å².